The van der Waals surface area contributed by atoms with Crippen LogP contribution in [0.2, 0.25) is 0 Å². The van der Waals surface area contributed by atoms with Crippen LogP contribution in [0.1, 0.15) is 12.0 Å². The van der Waals surface area contributed by atoms with Crippen LogP contribution >= 0.6 is 11.8 Å². The summed E-state index contributed by atoms with van der Waals surface area (Å²) >= 11 is 1.72. The summed E-state index contributed by atoms with van der Waals surface area (Å²) in [5.74, 6) is 1.25. The number of Topliss-reactive ketones (excluding diaryl/α,β-unsaturated/α-hetero) is 1. The summed E-state index contributed by atoms with van der Waals surface area (Å²) in [5.41, 5.74) is 1.15. The van der Waals surface area contributed by atoms with Crippen molar-refractivity contribution in [2.45, 2.75) is 12.8 Å². The second-order valence-electron chi connectivity index (χ2n) is 4.10. The minimum Gasteiger partial charge on any atom is -0.299 e. The van der Waals surface area contributed by atoms with Gasteiger partial charge in [-0.25, -0.2) is 0 Å². The minimum atomic E-state index is 0.329. The molecule has 2 heteroatoms. The third-order valence-corrected chi connectivity index (χ3v) is 3.46. The lowest BCUT2D eigenvalue weighted by atomic mass is 10.00. The highest BCUT2D eigenvalue weighted by atomic mass is 32.2. The zero-order chi connectivity index (χ0) is 12.1. The van der Waals surface area contributed by atoms with E-state index in [1.54, 1.807) is 11.8 Å². The van der Waals surface area contributed by atoms with E-state index >= 15 is 0 Å². The van der Waals surface area contributed by atoms with Gasteiger partial charge in [-0.1, -0.05) is 42.5 Å². The van der Waals surface area contributed by atoms with Crippen molar-refractivity contribution in [3.8, 4) is 0 Å². The van der Waals surface area contributed by atoms with Gasteiger partial charge >= 0.3 is 0 Å². The molecule has 2 rings (SSSR count). The Labute approximate surface area is 106 Å². The zero-order valence-corrected chi connectivity index (χ0v) is 10.8. The smallest absolute Gasteiger partial charge is 0.138 e. The third-order valence-electron chi connectivity index (χ3n) is 2.85. The van der Waals surface area contributed by atoms with Gasteiger partial charge in [-0.3, -0.25) is 4.79 Å². The number of ketones is 1. The minimum absolute atomic E-state index is 0.329. The lowest BCUT2D eigenvalue weighted by Gasteiger charge is -2.05. The van der Waals surface area contributed by atoms with Crippen LogP contribution in [0, 0.1) is 0 Å². The van der Waals surface area contributed by atoms with E-state index in [-0.39, 0.29) is 0 Å². The van der Waals surface area contributed by atoms with Crippen molar-refractivity contribution in [3.05, 3.63) is 48.0 Å². The molecule has 0 radical (unpaired) electrons. The van der Waals surface area contributed by atoms with Crippen LogP contribution in [-0.2, 0) is 11.2 Å². The zero-order valence-electron chi connectivity index (χ0n) is 9.98. The number of fused-ring (bicyclic) bond motifs is 1. The van der Waals surface area contributed by atoms with Gasteiger partial charge in [0, 0.05) is 12.8 Å². The standard InChI is InChI=1S/C15H16OS/c1-17-10-9-14(16)11-13-7-4-6-12-5-2-3-8-15(12)13/h2-8H,9-11H2,1H3. The van der Waals surface area contributed by atoms with Crippen LogP contribution in [0.15, 0.2) is 42.5 Å². The highest BCUT2D eigenvalue weighted by Crippen LogP contribution is 2.19. The van der Waals surface area contributed by atoms with E-state index < -0.39 is 0 Å². The Kier molecular flexibility index (Phi) is 4.21. The molecule has 0 spiro atoms. The molecule has 88 valence electrons. The molecule has 17 heavy (non-hydrogen) atoms. The fourth-order valence-electron chi connectivity index (χ4n) is 1.96. The van der Waals surface area contributed by atoms with Crippen LogP contribution in [0.4, 0.5) is 0 Å². The summed E-state index contributed by atoms with van der Waals surface area (Å²) < 4.78 is 0. The number of thioether (sulfide) groups is 1. The maximum atomic E-state index is 11.8. The maximum absolute atomic E-state index is 11.8. The molecular formula is C15H16OS. The second-order valence-corrected chi connectivity index (χ2v) is 5.08. The van der Waals surface area contributed by atoms with E-state index in [9.17, 15) is 4.79 Å². The van der Waals surface area contributed by atoms with Crippen LogP contribution in [0.3, 0.4) is 0 Å². The Balaban J connectivity index is 2.21. The van der Waals surface area contributed by atoms with Gasteiger partial charge in [0.15, 0.2) is 0 Å². The van der Waals surface area contributed by atoms with Crippen LogP contribution in [0.5, 0.6) is 0 Å². The number of rotatable bonds is 5. The summed E-state index contributed by atoms with van der Waals surface area (Å²) in [7, 11) is 0. The molecule has 0 N–H and O–H groups in total. The van der Waals surface area contributed by atoms with Gasteiger partial charge in [0.05, 0.1) is 0 Å². The number of carbonyl (C=O) groups excluding carboxylic acids is 1. The summed E-state index contributed by atoms with van der Waals surface area (Å²) in [6.07, 6.45) is 3.26. The predicted octanol–water partition coefficient (Wildman–Crippen LogP) is 3.70. The van der Waals surface area contributed by atoms with Crippen LogP contribution in [0.25, 0.3) is 10.8 Å². The van der Waals surface area contributed by atoms with Crippen molar-refractivity contribution in [2.24, 2.45) is 0 Å². The van der Waals surface area contributed by atoms with Crippen molar-refractivity contribution < 1.29 is 4.79 Å². The van der Waals surface area contributed by atoms with Gasteiger partial charge in [0.2, 0.25) is 0 Å². The Morgan fingerprint density at radius 2 is 1.88 bits per heavy atom. The van der Waals surface area contributed by atoms with Crippen molar-refractivity contribution in [1.82, 2.24) is 0 Å². The summed E-state index contributed by atoms with van der Waals surface area (Å²) in [6.45, 7) is 0. The van der Waals surface area contributed by atoms with E-state index in [0.717, 1.165) is 11.3 Å². The van der Waals surface area contributed by atoms with Crippen molar-refractivity contribution >= 4 is 28.3 Å². The average molecular weight is 244 g/mol. The van der Waals surface area contributed by atoms with Crippen molar-refractivity contribution in [2.75, 3.05) is 12.0 Å². The Hall–Kier alpha value is -1.28. The first-order valence-corrected chi connectivity index (χ1v) is 7.18. The maximum Gasteiger partial charge on any atom is 0.138 e. The molecule has 2 aromatic carbocycles. The van der Waals surface area contributed by atoms with Crippen LogP contribution in [-0.4, -0.2) is 17.8 Å². The molecule has 0 aliphatic rings. The first-order chi connectivity index (χ1) is 8.31. The molecule has 2 aromatic rings. The van der Waals surface area contributed by atoms with Gasteiger partial charge in [-0.2, -0.15) is 11.8 Å². The monoisotopic (exact) mass is 244 g/mol. The molecular weight excluding hydrogens is 228 g/mol. The summed E-state index contributed by atoms with van der Waals surface area (Å²) in [4.78, 5) is 11.8. The Bertz CT molecular complexity index is 514. The Morgan fingerprint density at radius 1 is 1.12 bits per heavy atom. The number of benzene rings is 2. The van der Waals surface area contributed by atoms with E-state index in [1.807, 2.05) is 24.5 Å². The molecule has 0 saturated heterocycles. The number of hydrogen-bond donors (Lipinski definition) is 0. The largest absolute Gasteiger partial charge is 0.299 e. The van der Waals surface area contributed by atoms with Crippen molar-refractivity contribution in [3.63, 3.8) is 0 Å². The highest BCUT2D eigenvalue weighted by Gasteiger charge is 2.06. The van der Waals surface area contributed by atoms with Gasteiger partial charge in [0.1, 0.15) is 5.78 Å². The molecule has 0 saturated carbocycles. The second kappa shape index (κ2) is 5.87. The van der Waals surface area contributed by atoms with Gasteiger partial charge in [-0.15, -0.1) is 0 Å². The highest BCUT2D eigenvalue weighted by molar-refractivity contribution is 7.98. The van der Waals surface area contributed by atoms with Crippen LogP contribution < -0.4 is 0 Å². The molecule has 0 fully saturated rings. The molecule has 0 aromatic heterocycles. The van der Waals surface area contributed by atoms with E-state index in [4.69, 9.17) is 0 Å². The molecule has 0 aliphatic heterocycles. The summed E-state index contributed by atoms with van der Waals surface area (Å²) in [5, 5.41) is 2.41. The molecule has 0 aliphatic carbocycles. The van der Waals surface area contributed by atoms with Gasteiger partial charge < -0.3 is 0 Å². The Morgan fingerprint density at radius 3 is 2.71 bits per heavy atom. The molecule has 0 unspecified atom stereocenters. The number of hydrogen-bond acceptors (Lipinski definition) is 2. The van der Waals surface area contributed by atoms with E-state index in [2.05, 4.69) is 24.3 Å². The topological polar surface area (TPSA) is 17.1 Å². The fourth-order valence-corrected chi connectivity index (χ4v) is 2.40. The van der Waals surface area contributed by atoms with Gasteiger partial charge in [-0.05, 0) is 28.3 Å². The molecule has 1 nitrogen and oxygen atoms in total. The molecule has 0 heterocycles. The number of carbonyl (C=O) groups is 1. The third kappa shape index (κ3) is 3.10. The lowest BCUT2D eigenvalue weighted by molar-refractivity contribution is -0.118. The van der Waals surface area contributed by atoms with E-state index in [0.29, 0.717) is 18.6 Å². The first-order valence-electron chi connectivity index (χ1n) is 5.78. The summed E-state index contributed by atoms with van der Waals surface area (Å²) in [6, 6.07) is 14.4. The average Bonchev–Trinajstić information content (AvgIpc) is 2.37. The fraction of sp³-hybridized carbons (Fsp3) is 0.267. The first kappa shape index (κ1) is 12.2. The van der Waals surface area contributed by atoms with Crippen molar-refractivity contribution in [1.29, 1.82) is 0 Å². The predicted molar refractivity (Wildman–Crippen MR) is 75.7 cm³/mol. The molecule has 0 bridgehead atoms. The molecule has 0 atom stereocenters. The normalized spacial score (nSPS) is 10.6. The molecule has 0 amide bonds. The van der Waals surface area contributed by atoms with E-state index in [1.165, 1.54) is 10.8 Å². The lowest BCUT2D eigenvalue weighted by Crippen LogP contribution is -2.04. The quantitative estimate of drug-likeness (QED) is 0.797. The SMILES string of the molecule is CSCCC(=O)Cc1cccc2ccccc12. The van der Waals surface area contributed by atoms with Gasteiger partial charge in [0.25, 0.3) is 0 Å².